The molecule has 2 aromatic rings. The summed E-state index contributed by atoms with van der Waals surface area (Å²) in [6, 6.07) is 14.5. The molecule has 2 rings (SSSR count). The number of aryl methyl sites for hydroxylation is 1. The number of rotatable bonds is 3. The standard InChI is InChI=1S/C18H21BrO/c1-13-10-15(18(2,3)4)16(19)11-17(13)20-12-14-8-6-5-7-9-14/h5-11H,12H2,1-4H3. The van der Waals surface area contributed by atoms with Crippen molar-refractivity contribution in [3.63, 3.8) is 0 Å². The van der Waals surface area contributed by atoms with Crippen LogP contribution in [0, 0.1) is 6.92 Å². The predicted octanol–water partition coefficient (Wildman–Crippen LogP) is 5.63. The Morgan fingerprint density at radius 1 is 1.05 bits per heavy atom. The van der Waals surface area contributed by atoms with Crippen molar-refractivity contribution in [2.45, 2.75) is 39.7 Å². The number of hydrogen-bond donors (Lipinski definition) is 0. The van der Waals surface area contributed by atoms with Gasteiger partial charge in [0.1, 0.15) is 12.4 Å². The second-order valence-corrected chi connectivity index (χ2v) is 6.98. The van der Waals surface area contributed by atoms with Crippen molar-refractivity contribution < 1.29 is 4.74 Å². The highest BCUT2D eigenvalue weighted by molar-refractivity contribution is 9.10. The smallest absolute Gasteiger partial charge is 0.123 e. The van der Waals surface area contributed by atoms with Gasteiger partial charge < -0.3 is 4.74 Å². The zero-order chi connectivity index (χ0) is 14.8. The lowest BCUT2D eigenvalue weighted by Gasteiger charge is -2.22. The van der Waals surface area contributed by atoms with Crippen molar-refractivity contribution in [3.05, 3.63) is 63.6 Å². The molecule has 0 aliphatic rings. The molecule has 0 radical (unpaired) electrons. The molecule has 0 fully saturated rings. The molecule has 0 bridgehead atoms. The molecule has 2 heteroatoms. The first kappa shape index (κ1) is 15.1. The number of halogens is 1. The van der Waals surface area contributed by atoms with Gasteiger partial charge in [0.25, 0.3) is 0 Å². The molecule has 0 aliphatic carbocycles. The quantitative estimate of drug-likeness (QED) is 0.707. The maximum absolute atomic E-state index is 5.94. The minimum Gasteiger partial charge on any atom is -0.489 e. The van der Waals surface area contributed by atoms with Crippen molar-refractivity contribution in [1.29, 1.82) is 0 Å². The van der Waals surface area contributed by atoms with Crippen molar-refractivity contribution in [1.82, 2.24) is 0 Å². The third kappa shape index (κ3) is 3.63. The van der Waals surface area contributed by atoms with E-state index < -0.39 is 0 Å². The monoisotopic (exact) mass is 332 g/mol. The summed E-state index contributed by atoms with van der Waals surface area (Å²) >= 11 is 3.66. The highest BCUT2D eigenvalue weighted by atomic mass is 79.9. The van der Waals surface area contributed by atoms with E-state index in [1.54, 1.807) is 0 Å². The molecule has 0 saturated heterocycles. The largest absolute Gasteiger partial charge is 0.489 e. The molecule has 1 nitrogen and oxygen atoms in total. The average molecular weight is 333 g/mol. The molecule has 0 aliphatic heterocycles. The molecule has 0 unspecified atom stereocenters. The highest BCUT2D eigenvalue weighted by Gasteiger charge is 2.18. The van der Waals surface area contributed by atoms with Gasteiger partial charge in [0.05, 0.1) is 0 Å². The first-order valence-electron chi connectivity index (χ1n) is 6.85. The molecular formula is C18H21BrO. The summed E-state index contributed by atoms with van der Waals surface area (Å²) in [7, 11) is 0. The Hall–Kier alpha value is -1.28. The van der Waals surface area contributed by atoms with Crippen LogP contribution >= 0.6 is 15.9 Å². The molecule has 0 heterocycles. The minimum atomic E-state index is 0.127. The van der Waals surface area contributed by atoms with Crippen LogP contribution in [0.15, 0.2) is 46.9 Å². The number of hydrogen-bond acceptors (Lipinski definition) is 1. The topological polar surface area (TPSA) is 9.23 Å². The van der Waals surface area contributed by atoms with E-state index in [0.29, 0.717) is 6.61 Å². The van der Waals surface area contributed by atoms with Gasteiger partial charge in [0, 0.05) is 4.47 Å². The van der Waals surface area contributed by atoms with E-state index in [1.165, 1.54) is 16.7 Å². The predicted molar refractivity (Wildman–Crippen MR) is 88.4 cm³/mol. The molecule has 0 atom stereocenters. The van der Waals surface area contributed by atoms with Crippen LogP contribution in [0.2, 0.25) is 0 Å². The van der Waals surface area contributed by atoms with E-state index in [1.807, 2.05) is 18.2 Å². The zero-order valence-electron chi connectivity index (χ0n) is 12.5. The Morgan fingerprint density at radius 2 is 1.70 bits per heavy atom. The Kier molecular flexibility index (Phi) is 4.54. The van der Waals surface area contributed by atoms with Crippen LogP contribution in [-0.4, -0.2) is 0 Å². The Bertz CT molecular complexity index is 582. The molecule has 0 N–H and O–H groups in total. The van der Waals surface area contributed by atoms with Crippen molar-refractivity contribution in [2.24, 2.45) is 0 Å². The lowest BCUT2D eigenvalue weighted by molar-refractivity contribution is 0.303. The third-order valence-electron chi connectivity index (χ3n) is 3.31. The summed E-state index contributed by atoms with van der Waals surface area (Å²) in [6.07, 6.45) is 0. The van der Waals surface area contributed by atoms with Gasteiger partial charge in [-0.1, -0.05) is 73.1 Å². The van der Waals surface area contributed by atoms with Crippen molar-refractivity contribution in [3.8, 4) is 5.75 Å². The Morgan fingerprint density at radius 3 is 2.30 bits per heavy atom. The van der Waals surface area contributed by atoms with E-state index in [4.69, 9.17) is 4.74 Å². The molecule has 0 amide bonds. The van der Waals surface area contributed by atoms with E-state index in [0.717, 1.165) is 10.2 Å². The zero-order valence-corrected chi connectivity index (χ0v) is 14.1. The van der Waals surface area contributed by atoms with Gasteiger partial charge in [-0.2, -0.15) is 0 Å². The normalized spacial score (nSPS) is 11.4. The number of benzene rings is 2. The summed E-state index contributed by atoms with van der Waals surface area (Å²) in [4.78, 5) is 0. The van der Waals surface area contributed by atoms with Gasteiger partial charge in [-0.3, -0.25) is 0 Å². The first-order chi connectivity index (χ1) is 9.38. The second kappa shape index (κ2) is 6.01. The van der Waals surface area contributed by atoms with Crippen LogP contribution in [0.4, 0.5) is 0 Å². The van der Waals surface area contributed by atoms with Crippen molar-refractivity contribution >= 4 is 15.9 Å². The van der Waals surface area contributed by atoms with Crippen LogP contribution in [-0.2, 0) is 12.0 Å². The lowest BCUT2D eigenvalue weighted by atomic mass is 9.86. The second-order valence-electron chi connectivity index (χ2n) is 6.12. The van der Waals surface area contributed by atoms with E-state index >= 15 is 0 Å². The third-order valence-corrected chi connectivity index (χ3v) is 3.97. The molecular weight excluding hydrogens is 312 g/mol. The fourth-order valence-corrected chi connectivity index (χ4v) is 3.05. The van der Waals surface area contributed by atoms with E-state index in [-0.39, 0.29) is 5.41 Å². The van der Waals surface area contributed by atoms with Crippen LogP contribution in [0.5, 0.6) is 5.75 Å². The van der Waals surface area contributed by atoms with Gasteiger partial charge in [-0.15, -0.1) is 0 Å². The Balaban J connectivity index is 2.20. The average Bonchev–Trinajstić information content (AvgIpc) is 2.39. The summed E-state index contributed by atoms with van der Waals surface area (Å²) in [5.74, 6) is 0.939. The fraction of sp³-hybridized carbons (Fsp3) is 0.333. The maximum atomic E-state index is 5.94. The van der Waals surface area contributed by atoms with E-state index in [2.05, 4.69) is 67.9 Å². The summed E-state index contributed by atoms with van der Waals surface area (Å²) < 4.78 is 7.05. The maximum Gasteiger partial charge on any atom is 0.123 e. The van der Waals surface area contributed by atoms with Gasteiger partial charge in [-0.05, 0) is 35.1 Å². The lowest BCUT2D eigenvalue weighted by Crippen LogP contribution is -2.12. The minimum absolute atomic E-state index is 0.127. The molecule has 0 aromatic heterocycles. The van der Waals surface area contributed by atoms with Crippen LogP contribution in [0.25, 0.3) is 0 Å². The Labute approximate surface area is 130 Å². The van der Waals surface area contributed by atoms with Crippen molar-refractivity contribution in [2.75, 3.05) is 0 Å². The molecule has 20 heavy (non-hydrogen) atoms. The highest BCUT2D eigenvalue weighted by Crippen LogP contribution is 2.35. The van der Waals surface area contributed by atoms with Gasteiger partial charge in [0.2, 0.25) is 0 Å². The summed E-state index contributed by atoms with van der Waals surface area (Å²) in [6.45, 7) is 9.36. The van der Waals surface area contributed by atoms with Crippen LogP contribution < -0.4 is 4.74 Å². The first-order valence-corrected chi connectivity index (χ1v) is 7.64. The van der Waals surface area contributed by atoms with Crippen LogP contribution in [0.1, 0.15) is 37.5 Å². The van der Waals surface area contributed by atoms with Crippen LogP contribution in [0.3, 0.4) is 0 Å². The molecule has 106 valence electrons. The van der Waals surface area contributed by atoms with Gasteiger partial charge in [-0.25, -0.2) is 0 Å². The van der Waals surface area contributed by atoms with Gasteiger partial charge >= 0.3 is 0 Å². The number of ether oxygens (including phenoxy) is 1. The molecule has 2 aromatic carbocycles. The molecule has 0 saturated carbocycles. The van der Waals surface area contributed by atoms with Gasteiger partial charge in [0.15, 0.2) is 0 Å². The molecule has 0 spiro atoms. The summed E-state index contributed by atoms with van der Waals surface area (Å²) in [5.41, 5.74) is 3.79. The SMILES string of the molecule is Cc1cc(C(C)(C)C)c(Br)cc1OCc1ccccc1. The summed E-state index contributed by atoms with van der Waals surface area (Å²) in [5, 5.41) is 0. The fourth-order valence-electron chi connectivity index (χ4n) is 2.13. The van der Waals surface area contributed by atoms with E-state index in [9.17, 15) is 0 Å².